The van der Waals surface area contributed by atoms with Crippen LogP contribution in [0.1, 0.15) is 53.0 Å². The number of Topliss-reactive ketones (excluding diaryl/α,β-unsaturated/α-hetero) is 1. The molecule has 0 aliphatic carbocycles. The number of carbonyl (C=O) groups excluding carboxylic acids is 1. The first kappa shape index (κ1) is 25.9. The molecule has 0 saturated carbocycles. The number of hydrogen-bond acceptors (Lipinski definition) is 6. The number of aromatic nitrogens is 2. The molecule has 1 saturated heterocycles. The van der Waals surface area contributed by atoms with Gasteiger partial charge in [0.2, 0.25) is 0 Å². The molecule has 3 heterocycles. The second-order valence-corrected chi connectivity index (χ2v) is 10.2. The van der Waals surface area contributed by atoms with E-state index in [1.54, 1.807) is 30.7 Å². The molecule has 1 fully saturated rings. The van der Waals surface area contributed by atoms with Crippen molar-refractivity contribution in [2.75, 3.05) is 29.9 Å². The van der Waals surface area contributed by atoms with Crippen molar-refractivity contribution >= 4 is 45.5 Å². The number of ether oxygens (including phenoxy) is 1. The molecule has 0 bridgehead atoms. The lowest BCUT2D eigenvalue weighted by Crippen LogP contribution is -2.40. The van der Waals surface area contributed by atoms with Crippen LogP contribution in [-0.2, 0) is 4.79 Å². The SMILES string of the molecule is CCC(=O)COc1cc2cc(Nc3cc(N4CCC(C)(F)CC4)ncc3Cl)ccc2n(C(C)C)c1=O. The molecule has 7 nitrogen and oxygen atoms in total. The van der Waals surface area contributed by atoms with Gasteiger partial charge in [0, 0.05) is 42.7 Å². The third kappa shape index (κ3) is 5.64. The fourth-order valence-corrected chi connectivity index (χ4v) is 4.48. The fraction of sp³-hybridized carbons (Fsp3) is 0.444. The quantitative estimate of drug-likeness (QED) is 0.393. The first-order valence-electron chi connectivity index (χ1n) is 12.3. The number of ketones is 1. The van der Waals surface area contributed by atoms with Crippen LogP contribution in [0.3, 0.4) is 0 Å². The molecule has 4 rings (SSSR count). The summed E-state index contributed by atoms with van der Waals surface area (Å²) in [5.41, 5.74) is 0.796. The van der Waals surface area contributed by atoms with Crippen molar-refractivity contribution in [2.45, 2.75) is 58.7 Å². The molecule has 1 aliphatic rings. The Morgan fingerprint density at radius 2 is 1.97 bits per heavy atom. The number of hydrogen-bond donors (Lipinski definition) is 1. The maximum atomic E-state index is 14.2. The number of fused-ring (bicyclic) bond motifs is 1. The predicted molar refractivity (Wildman–Crippen MR) is 143 cm³/mol. The van der Waals surface area contributed by atoms with E-state index in [0.717, 1.165) is 22.4 Å². The van der Waals surface area contributed by atoms with Crippen LogP contribution in [0.2, 0.25) is 5.02 Å². The molecule has 0 amide bonds. The Hall–Kier alpha value is -3.13. The van der Waals surface area contributed by atoms with E-state index in [0.29, 0.717) is 43.1 Å². The monoisotopic (exact) mass is 514 g/mol. The van der Waals surface area contributed by atoms with Crippen molar-refractivity contribution in [2.24, 2.45) is 0 Å². The van der Waals surface area contributed by atoms with Gasteiger partial charge in [-0.15, -0.1) is 0 Å². The Morgan fingerprint density at radius 1 is 1.25 bits per heavy atom. The minimum atomic E-state index is -1.14. The number of benzene rings is 1. The summed E-state index contributed by atoms with van der Waals surface area (Å²) in [5, 5.41) is 4.59. The molecule has 192 valence electrons. The van der Waals surface area contributed by atoms with Crippen LogP contribution in [0.4, 0.5) is 21.6 Å². The van der Waals surface area contributed by atoms with Gasteiger partial charge in [0.05, 0.1) is 22.4 Å². The first-order valence-corrected chi connectivity index (χ1v) is 12.7. The van der Waals surface area contributed by atoms with E-state index in [9.17, 15) is 14.0 Å². The van der Waals surface area contributed by atoms with Crippen LogP contribution in [0.5, 0.6) is 5.75 Å². The molecule has 2 aromatic heterocycles. The van der Waals surface area contributed by atoms with Crippen molar-refractivity contribution in [3.8, 4) is 5.75 Å². The number of nitrogens with one attached hydrogen (secondary N) is 1. The normalized spacial score (nSPS) is 15.4. The van der Waals surface area contributed by atoms with Gasteiger partial charge in [-0.2, -0.15) is 0 Å². The summed E-state index contributed by atoms with van der Waals surface area (Å²) in [6, 6.07) is 9.11. The van der Waals surface area contributed by atoms with Gasteiger partial charge in [-0.1, -0.05) is 18.5 Å². The number of rotatable bonds is 8. The van der Waals surface area contributed by atoms with Gasteiger partial charge >= 0.3 is 0 Å². The minimum absolute atomic E-state index is 0.0750. The number of nitrogens with zero attached hydrogens (tertiary/aromatic N) is 3. The zero-order chi connectivity index (χ0) is 26.0. The molecule has 0 unspecified atom stereocenters. The van der Waals surface area contributed by atoms with Gasteiger partial charge in [-0.3, -0.25) is 9.59 Å². The maximum Gasteiger partial charge on any atom is 0.293 e. The molecule has 1 N–H and O–H groups in total. The van der Waals surface area contributed by atoms with Crippen LogP contribution in [0.15, 0.2) is 41.3 Å². The number of carbonyl (C=O) groups is 1. The molecule has 0 spiro atoms. The highest BCUT2D eigenvalue weighted by atomic mass is 35.5. The zero-order valence-electron chi connectivity index (χ0n) is 21.1. The number of anilines is 3. The smallest absolute Gasteiger partial charge is 0.293 e. The molecule has 1 aromatic carbocycles. The van der Waals surface area contributed by atoms with Gasteiger partial charge < -0.3 is 19.5 Å². The lowest BCUT2D eigenvalue weighted by molar-refractivity contribution is -0.120. The molecular formula is C27H32ClFN4O3. The Labute approximate surface area is 215 Å². The fourth-order valence-electron chi connectivity index (χ4n) is 4.33. The summed E-state index contributed by atoms with van der Waals surface area (Å²) in [5.74, 6) is 0.807. The maximum absolute atomic E-state index is 14.2. The number of pyridine rings is 2. The second-order valence-electron chi connectivity index (χ2n) is 9.78. The molecule has 9 heteroatoms. The van der Waals surface area contributed by atoms with E-state index < -0.39 is 5.67 Å². The minimum Gasteiger partial charge on any atom is -0.480 e. The van der Waals surface area contributed by atoms with Crippen LogP contribution >= 0.6 is 11.6 Å². The van der Waals surface area contributed by atoms with Gasteiger partial charge in [0.15, 0.2) is 11.5 Å². The van der Waals surface area contributed by atoms with Crippen LogP contribution in [0, 0.1) is 0 Å². The van der Waals surface area contributed by atoms with E-state index in [1.807, 2.05) is 38.1 Å². The molecule has 0 radical (unpaired) electrons. The van der Waals surface area contributed by atoms with E-state index in [2.05, 4.69) is 15.2 Å². The molecular weight excluding hydrogens is 483 g/mol. The summed E-state index contributed by atoms with van der Waals surface area (Å²) in [7, 11) is 0. The van der Waals surface area contributed by atoms with Gasteiger partial charge in [-0.25, -0.2) is 9.37 Å². The van der Waals surface area contributed by atoms with Crippen LogP contribution < -0.4 is 20.5 Å². The van der Waals surface area contributed by atoms with Crippen LogP contribution in [-0.4, -0.2) is 40.7 Å². The zero-order valence-corrected chi connectivity index (χ0v) is 21.9. The van der Waals surface area contributed by atoms with Gasteiger partial charge in [0.25, 0.3) is 5.56 Å². The molecule has 36 heavy (non-hydrogen) atoms. The highest BCUT2D eigenvalue weighted by Gasteiger charge is 2.30. The van der Waals surface area contributed by atoms with Crippen molar-refractivity contribution in [3.05, 3.63) is 51.9 Å². The summed E-state index contributed by atoms with van der Waals surface area (Å²) in [6.07, 6.45) is 2.85. The number of halogens is 2. The van der Waals surface area contributed by atoms with Crippen molar-refractivity contribution < 1.29 is 13.9 Å². The third-order valence-corrected chi connectivity index (χ3v) is 6.85. The van der Waals surface area contributed by atoms with Crippen molar-refractivity contribution in [1.29, 1.82) is 0 Å². The largest absolute Gasteiger partial charge is 0.480 e. The average Bonchev–Trinajstić information content (AvgIpc) is 2.83. The van der Waals surface area contributed by atoms with E-state index in [1.165, 1.54) is 0 Å². The predicted octanol–water partition coefficient (Wildman–Crippen LogP) is 6.06. The van der Waals surface area contributed by atoms with E-state index in [4.69, 9.17) is 16.3 Å². The summed E-state index contributed by atoms with van der Waals surface area (Å²) in [6.45, 7) is 8.30. The summed E-state index contributed by atoms with van der Waals surface area (Å²) < 4.78 is 21.5. The number of alkyl halides is 1. The van der Waals surface area contributed by atoms with Gasteiger partial charge in [0.1, 0.15) is 18.1 Å². The average molecular weight is 515 g/mol. The molecule has 0 atom stereocenters. The standard InChI is InChI=1S/C27H32ClFN4O3/c1-5-20(34)16-36-24-13-18-12-19(6-7-23(18)33(17(2)3)26(24)35)31-22-14-25(30-15-21(22)28)32-10-8-27(4,29)9-11-32/h6-7,12-15,17H,5,8-11,16H2,1-4H3,(H,30,31). The number of piperidine rings is 1. The Balaban J connectivity index is 1.65. The third-order valence-electron chi connectivity index (χ3n) is 6.55. The first-order chi connectivity index (χ1) is 17.1. The van der Waals surface area contributed by atoms with Crippen molar-refractivity contribution in [3.63, 3.8) is 0 Å². The molecule has 1 aliphatic heterocycles. The lowest BCUT2D eigenvalue weighted by atomic mass is 9.96. The Morgan fingerprint density at radius 3 is 2.64 bits per heavy atom. The van der Waals surface area contributed by atoms with Crippen molar-refractivity contribution in [1.82, 2.24) is 9.55 Å². The summed E-state index contributed by atoms with van der Waals surface area (Å²) >= 11 is 6.45. The highest BCUT2D eigenvalue weighted by Crippen LogP contribution is 2.33. The highest BCUT2D eigenvalue weighted by molar-refractivity contribution is 6.33. The van der Waals surface area contributed by atoms with Gasteiger partial charge in [-0.05, 0) is 57.9 Å². The van der Waals surface area contributed by atoms with Crippen LogP contribution in [0.25, 0.3) is 10.9 Å². The second kappa shape index (κ2) is 10.5. The summed E-state index contributed by atoms with van der Waals surface area (Å²) in [4.78, 5) is 31.3. The molecule has 3 aromatic rings. The van der Waals surface area contributed by atoms with E-state index in [-0.39, 0.29) is 29.7 Å². The topological polar surface area (TPSA) is 76.5 Å². The Bertz CT molecular complexity index is 1330. The Kier molecular flexibility index (Phi) is 7.54. The van der Waals surface area contributed by atoms with E-state index >= 15 is 0 Å². The lowest BCUT2D eigenvalue weighted by Gasteiger charge is -2.35.